The van der Waals surface area contributed by atoms with Crippen LogP contribution in [0.25, 0.3) is 21.7 Å². The molecule has 0 aliphatic heterocycles. The Morgan fingerprint density at radius 2 is 1.53 bits per heavy atom. The van der Waals surface area contributed by atoms with E-state index in [2.05, 4.69) is 5.32 Å². The second-order valence-corrected chi connectivity index (χ2v) is 7.45. The first-order chi connectivity index (χ1) is 14.7. The molecule has 30 heavy (non-hydrogen) atoms. The van der Waals surface area contributed by atoms with Crippen LogP contribution in [0.4, 0.5) is 5.13 Å². The lowest BCUT2D eigenvalue weighted by atomic mass is 10.1. The number of methoxy groups -OCH3 is 2. The molecule has 5 nitrogen and oxygen atoms in total. The zero-order valence-electron chi connectivity index (χ0n) is 16.6. The van der Waals surface area contributed by atoms with Gasteiger partial charge in [-0.15, -0.1) is 0 Å². The van der Waals surface area contributed by atoms with Gasteiger partial charge in [-0.25, -0.2) is 4.98 Å². The number of benzene rings is 3. The van der Waals surface area contributed by atoms with Crippen LogP contribution in [-0.2, 0) is 0 Å². The Kier molecular flexibility index (Phi) is 5.77. The van der Waals surface area contributed by atoms with Crippen LogP contribution in [0.2, 0.25) is 0 Å². The number of anilines is 1. The van der Waals surface area contributed by atoms with Gasteiger partial charge in [-0.3, -0.25) is 10.1 Å². The number of nitrogens with zero attached hydrogens (tertiary/aromatic N) is 1. The molecular formula is C24H20N2O3S. The van der Waals surface area contributed by atoms with Crippen LogP contribution in [0.3, 0.4) is 0 Å². The molecular weight excluding hydrogens is 396 g/mol. The number of rotatable bonds is 6. The fraction of sp³-hybridized carbons (Fsp3) is 0.0833. The number of hydrogen-bond donors (Lipinski definition) is 1. The van der Waals surface area contributed by atoms with E-state index in [4.69, 9.17) is 14.5 Å². The standard InChI is InChI=1S/C24H20N2O3S/c1-28-18-13-14-20(29-2)19(15-18)23(27)26-24-25-21(16-9-5-3-6-10-16)22(30-24)17-11-7-4-8-12-17/h3-15H,1-2H3,(H,25,26,27). The third-order valence-electron chi connectivity index (χ3n) is 4.58. The van der Waals surface area contributed by atoms with Crippen molar-refractivity contribution in [2.75, 3.05) is 19.5 Å². The van der Waals surface area contributed by atoms with Crippen molar-refractivity contribution in [2.45, 2.75) is 0 Å². The van der Waals surface area contributed by atoms with Crippen molar-refractivity contribution in [3.8, 4) is 33.2 Å². The van der Waals surface area contributed by atoms with E-state index in [1.165, 1.54) is 18.4 Å². The van der Waals surface area contributed by atoms with Gasteiger partial charge in [0.1, 0.15) is 11.5 Å². The minimum Gasteiger partial charge on any atom is -0.497 e. The van der Waals surface area contributed by atoms with Crippen LogP contribution in [0.5, 0.6) is 11.5 Å². The van der Waals surface area contributed by atoms with Gasteiger partial charge in [-0.05, 0) is 23.8 Å². The van der Waals surface area contributed by atoms with Crippen molar-refractivity contribution < 1.29 is 14.3 Å². The second kappa shape index (κ2) is 8.80. The topological polar surface area (TPSA) is 60.5 Å². The average molecular weight is 417 g/mol. The summed E-state index contributed by atoms with van der Waals surface area (Å²) in [7, 11) is 3.09. The van der Waals surface area contributed by atoms with E-state index in [1.807, 2.05) is 60.7 Å². The zero-order valence-corrected chi connectivity index (χ0v) is 17.4. The first kappa shape index (κ1) is 19.7. The number of nitrogens with one attached hydrogen (secondary N) is 1. The lowest BCUT2D eigenvalue weighted by Crippen LogP contribution is -2.13. The van der Waals surface area contributed by atoms with Crippen LogP contribution in [-0.4, -0.2) is 25.1 Å². The molecule has 0 unspecified atom stereocenters. The molecule has 0 spiro atoms. The first-order valence-corrected chi connectivity index (χ1v) is 10.2. The molecule has 0 aliphatic rings. The fourth-order valence-corrected chi connectivity index (χ4v) is 4.09. The van der Waals surface area contributed by atoms with Crippen LogP contribution in [0, 0.1) is 0 Å². The summed E-state index contributed by atoms with van der Waals surface area (Å²) in [6.45, 7) is 0. The Balaban J connectivity index is 1.72. The monoisotopic (exact) mass is 416 g/mol. The van der Waals surface area contributed by atoms with Gasteiger partial charge in [0, 0.05) is 5.56 Å². The van der Waals surface area contributed by atoms with E-state index in [1.54, 1.807) is 25.3 Å². The second-order valence-electron chi connectivity index (χ2n) is 6.45. The number of hydrogen-bond acceptors (Lipinski definition) is 5. The highest BCUT2D eigenvalue weighted by molar-refractivity contribution is 7.19. The maximum absolute atomic E-state index is 13.0. The van der Waals surface area contributed by atoms with Crippen LogP contribution in [0.1, 0.15) is 10.4 Å². The molecule has 4 aromatic rings. The SMILES string of the molecule is COc1ccc(OC)c(C(=O)Nc2nc(-c3ccccc3)c(-c3ccccc3)s2)c1. The molecule has 0 saturated carbocycles. The van der Waals surface area contributed by atoms with E-state index in [-0.39, 0.29) is 5.91 Å². The Morgan fingerprint density at radius 1 is 0.867 bits per heavy atom. The fourth-order valence-electron chi connectivity index (χ4n) is 3.11. The first-order valence-electron chi connectivity index (χ1n) is 9.34. The van der Waals surface area contributed by atoms with Gasteiger partial charge in [-0.1, -0.05) is 72.0 Å². The molecule has 0 atom stereocenters. The predicted molar refractivity (Wildman–Crippen MR) is 120 cm³/mol. The lowest BCUT2D eigenvalue weighted by Gasteiger charge is -2.09. The molecule has 0 aliphatic carbocycles. The highest BCUT2D eigenvalue weighted by Gasteiger charge is 2.19. The van der Waals surface area contributed by atoms with Gasteiger partial charge in [0.25, 0.3) is 5.91 Å². The van der Waals surface area contributed by atoms with Crippen molar-refractivity contribution >= 4 is 22.4 Å². The summed E-state index contributed by atoms with van der Waals surface area (Å²) in [6.07, 6.45) is 0. The van der Waals surface area contributed by atoms with E-state index < -0.39 is 0 Å². The van der Waals surface area contributed by atoms with Crippen LogP contribution >= 0.6 is 11.3 Å². The predicted octanol–water partition coefficient (Wildman–Crippen LogP) is 5.75. The van der Waals surface area contributed by atoms with Crippen LogP contribution in [0.15, 0.2) is 78.9 Å². The number of ether oxygens (including phenoxy) is 2. The van der Waals surface area contributed by atoms with Gasteiger partial charge in [-0.2, -0.15) is 0 Å². The molecule has 3 aromatic carbocycles. The summed E-state index contributed by atoms with van der Waals surface area (Å²) in [5, 5.41) is 3.43. The number of amides is 1. The highest BCUT2D eigenvalue weighted by Crippen LogP contribution is 2.39. The van der Waals surface area contributed by atoms with E-state index in [0.29, 0.717) is 22.2 Å². The third-order valence-corrected chi connectivity index (χ3v) is 5.60. The molecule has 0 bridgehead atoms. The van der Waals surface area contributed by atoms with Crippen molar-refractivity contribution in [1.29, 1.82) is 0 Å². The van der Waals surface area contributed by atoms with E-state index in [9.17, 15) is 4.79 Å². The molecule has 0 radical (unpaired) electrons. The number of carbonyl (C=O) groups is 1. The maximum Gasteiger partial charge on any atom is 0.261 e. The number of thiazole rings is 1. The quantitative estimate of drug-likeness (QED) is 0.435. The lowest BCUT2D eigenvalue weighted by molar-refractivity contribution is 0.102. The minimum atomic E-state index is -0.307. The van der Waals surface area contributed by atoms with Crippen molar-refractivity contribution in [1.82, 2.24) is 4.98 Å². The van der Waals surface area contributed by atoms with E-state index >= 15 is 0 Å². The van der Waals surface area contributed by atoms with E-state index in [0.717, 1.165) is 21.7 Å². The molecule has 1 aromatic heterocycles. The highest BCUT2D eigenvalue weighted by atomic mass is 32.1. The Morgan fingerprint density at radius 3 is 2.17 bits per heavy atom. The molecule has 6 heteroatoms. The molecule has 4 rings (SSSR count). The zero-order chi connectivity index (χ0) is 20.9. The molecule has 0 fully saturated rings. The van der Waals surface area contributed by atoms with Gasteiger partial charge in [0.2, 0.25) is 0 Å². The normalized spacial score (nSPS) is 10.5. The number of aromatic nitrogens is 1. The summed E-state index contributed by atoms with van der Waals surface area (Å²) in [5.41, 5.74) is 3.26. The summed E-state index contributed by atoms with van der Waals surface area (Å²) in [5.74, 6) is 0.741. The van der Waals surface area contributed by atoms with Crippen molar-refractivity contribution in [3.63, 3.8) is 0 Å². The molecule has 1 N–H and O–H groups in total. The van der Waals surface area contributed by atoms with Crippen molar-refractivity contribution in [2.24, 2.45) is 0 Å². The third kappa shape index (κ3) is 4.04. The Labute approximate surface area is 178 Å². The summed E-state index contributed by atoms with van der Waals surface area (Å²) < 4.78 is 10.6. The Bertz CT molecular complexity index is 1100. The summed E-state index contributed by atoms with van der Waals surface area (Å²) in [6, 6.07) is 25.1. The minimum absolute atomic E-state index is 0.307. The largest absolute Gasteiger partial charge is 0.497 e. The van der Waals surface area contributed by atoms with Gasteiger partial charge in [0.05, 0.1) is 30.4 Å². The number of carbonyl (C=O) groups excluding carboxylic acids is 1. The smallest absolute Gasteiger partial charge is 0.261 e. The van der Waals surface area contributed by atoms with Gasteiger partial charge in [0.15, 0.2) is 5.13 Å². The van der Waals surface area contributed by atoms with Gasteiger partial charge < -0.3 is 9.47 Å². The average Bonchev–Trinajstić information content (AvgIpc) is 3.23. The summed E-state index contributed by atoms with van der Waals surface area (Å²) >= 11 is 1.44. The molecule has 1 amide bonds. The van der Waals surface area contributed by atoms with Crippen molar-refractivity contribution in [3.05, 3.63) is 84.4 Å². The Hall–Kier alpha value is -3.64. The summed E-state index contributed by atoms with van der Waals surface area (Å²) in [4.78, 5) is 18.7. The van der Waals surface area contributed by atoms with Crippen LogP contribution < -0.4 is 14.8 Å². The molecule has 150 valence electrons. The maximum atomic E-state index is 13.0. The molecule has 0 saturated heterocycles. The van der Waals surface area contributed by atoms with Gasteiger partial charge >= 0.3 is 0 Å². The molecule has 1 heterocycles.